The maximum atomic E-state index is 9.29. The van der Waals surface area contributed by atoms with Gasteiger partial charge in [-0.25, -0.2) is 4.99 Å². The lowest BCUT2D eigenvalue weighted by Gasteiger charge is -2.38. The quantitative estimate of drug-likeness (QED) is 0.738. The summed E-state index contributed by atoms with van der Waals surface area (Å²) in [6.45, 7) is 3.86. The minimum absolute atomic E-state index is 0.0274. The van der Waals surface area contributed by atoms with Crippen LogP contribution in [0.25, 0.3) is 11.1 Å². The summed E-state index contributed by atoms with van der Waals surface area (Å²) in [7, 11) is 0. The van der Waals surface area contributed by atoms with Crippen LogP contribution >= 0.6 is 0 Å². The Bertz CT molecular complexity index is 1150. The first-order valence-electron chi connectivity index (χ1n) is 12.4. The number of nitriles is 1. The van der Waals surface area contributed by atoms with Gasteiger partial charge in [-0.15, -0.1) is 0 Å². The Morgan fingerprint density at radius 2 is 1.85 bits per heavy atom. The number of fused-ring (bicyclic) bond motifs is 3. The summed E-state index contributed by atoms with van der Waals surface area (Å²) in [5.41, 5.74) is 5.17. The molecule has 1 aliphatic carbocycles. The summed E-state index contributed by atoms with van der Waals surface area (Å²) < 4.78 is 5.52. The maximum absolute atomic E-state index is 9.29. The number of amidine groups is 1. The molecule has 0 aromatic heterocycles. The average molecular weight is 455 g/mol. The Kier molecular flexibility index (Phi) is 5.78. The molecule has 174 valence electrons. The molecule has 3 aliphatic heterocycles. The van der Waals surface area contributed by atoms with Crippen LogP contribution in [0.15, 0.2) is 52.4 Å². The predicted molar refractivity (Wildman–Crippen MR) is 134 cm³/mol. The summed E-state index contributed by atoms with van der Waals surface area (Å²) in [4.78, 5) is 12.5. The van der Waals surface area contributed by atoms with Gasteiger partial charge in [0.05, 0.1) is 43.1 Å². The molecule has 2 aromatic rings. The summed E-state index contributed by atoms with van der Waals surface area (Å²) in [5, 5.41) is 16.2. The van der Waals surface area contributed by atoms with Crippen molar-refractivity contribution >= 4 is 17.9 Å². The van der Waals surface area contributed by atoms with Crippen LogP contribution in [0.4, 0.5) is 5.69 Å². The van der Waals surface area contributed by atoms with Crippen molar-refractivity contribution in [2.24, 2.45) is 9.98 Å². The first-order chi connectivity index (χ1) is 16.8. The second-order valence-electron chi connectivity index (χ2n) is 9.61. The standard InChI is InChI=1S/C27H30N6O/c28-16-18-2-1-3-19(14-18)20-4-9-24-23(15-20)25-26(29-17-30-27(25)32-24)31-21-5-7-22(8-6-21)33-10-12-34-13-11-33/h1-4,9,14-15,17,21-22,25,27,32H,5-8,10-13H2,(H,29,30,31). The van der Waals surface area contributed by atoms with Gasteiger partial charge in [-0.2, -0.15) is 5.26 Å². The number of morpholine rings is 1. The van der Waals surface area contributed by atoms with Gasteiger partial charge in [-0.05, 0) is 66.6 Å². The minimum atomic E-state index is -0.0274. The van der Waals surface area contributed by atoms with Gasteiger partial charge < -0.3 is 15.4 Å². The molecule has 3 heterocycles. The molecule has 2 atom stereocenters. The molecule has 7 nitrogen and oxygen atoms in total. The van der Waals surface area contributed by atoms with E-state index in [2.05, 4.69) is 50.9 Å². The number of benzene rings is 2. The van der Waals surface area contributed by atoms with Crippen LogP contribution in [0.3, 0.4) is 0 Å². The lowest BCUT2D eigenvalue weighted by molar-refractivity contribution is 0.00753. The van der Waals surface area contributed by atoms with E-state index in [-0.39, 0.29) is 12.1 Å². The minimum Gasteiger partial charge on any atom is -0.379 e. The molecule has 0 radical (unpaired) electrons. The fraction of sp³-hybridized carbons (Fsp3) is 0.444. The van der Waals surface area contributed by atoms with E-state index >= 15 is 0 Å². The first kappa shape index (κ1) is 21.3. The van der Waals surface area contributed by atoms with Gasteiger partial charge in [-0.3, -0.25) is 9.89 Å². The van der Waals surface area contributed by atoms with E-state index < -0.39 is 0 Å². The van der Waals surface area contributed by atoms with Gasteiger partial charge in [0, 0.05) is 24.8 Å². The summed E-state index contributed by atoms with van der Waals surface area (Å²) >= 11 is 0. The number of anilines is 1. The molecule has 0 amide bonds. The predicted octanol–water partition coefficient (Wildman–Crippen LogP) is 3.73. The Balaban J connectivity index is 1.22. The van der Waals surface area contributed by atoms with E-state index in [0.29, 0.717) is 17.6 Å². The second-order valence-corrected chi connectivity index (χ2v) is 9.61. The smallest absolute Gasteiger partial charge is 0.134 e. The molecule has 2 unspecified atom stereocenters. The number of nitrogens with one attached hydrogen (secondary N) is 2. The molecule has 0 spiro atoms. The molecule has 6 rings (SSSR count). The molecule has 2 fully saturated rings. The van der Waals surface area contributed by atoms with Crippen LogP contribution in [0.5, 0.6) is 0 Å². The average Bonchev–Trinajstić information content (AvgIpc) is 3.28. The zero-order valence-corrected chi connectivity index (χ0v) is 19.3. The third kappa shape index (κ3) is 4.08. The van der Waals surface area contributed by atoms with Crippen LogP contribution in [0.1, 0.15) is 42.7 Å². The largest absolute Gasteiger partial charge is 0.379 e. The Morgan fingerprint density at radius 1 is 1.03 bits per heavy atom. The molecular formula is C27H30N6O. The lowest BCUT2D eigenvalue weighted by Crippen LogP contribution is -2.45. The number of hydrogen-bond acceptors (Lipinski definition) is 6. The topological polar surface area (TPSA) is 85.0 Å². The fourth-order valence-electron chi connectivity index (χ4n) is 5.82. The van der Waals surface area contributed by atoms with Crippen molar-refractivity contribution in [3.8, 4) is 17.2 Å². The van der Waals surface area contributed by atoms with Crippen molar-refractivity contribution in [2.75, 3.05) is 31.6 Å². The molecule has 2 N–H and O–H groups in total. The lowest BCUT2D eigenvalue weighted by atomic mass is 9.89. The molecule has 1 saturated carbocycles. The van der Waals surface area contributed by atoms with Crippen LogP contribution in [-0.4, -0.2) is 61.6 Å². The highest BCUT2D eigenvalue weighted by atomic mass is 16.5. The van der Waals surface area contributed by atoms with Gasteiger partial charge in [-0.1, -0.05) is 18.2 Å². The van der Waals surface area contributed by atoms with E-state index in [4.69, 9.17) is 9.73 Å². The Hall–Kier alpha value is -3.21. The third-order valence-corrected chi connectivity index (χ3v) is 7.62. The molecule has 7 heteroatoms. The summed E-state index contributed by atoms with van der Waals surface area (Å²) in [6.07, 6.45) is 6.43. The van der Waals surface area contributed by atoms with Gasteiger partial charge in [0.25, 0.3) is 0 Å². The van der Waals surface area contributed by atoms with E-state index in [1.54, 1.807) is 6.34 Å². The van der Waals surface area contributed by atoms with Crippen LogP contribution in [0, 0.1) is 11.3 Å². The van der Waals surface area contributed by atoms with E-state index in [1.807, 2.05) is 18.2 Å². The first-order valence-corrected chi connectivity index (χ1v) is 12.4. The van der Waals surface area contributed by atoms with Gasteiger partial charge in [0.1, 0.15) is 12.0 Å². The van der Waals surface area contributed by atoms with E-state index in [1.165, 1.54) is 18.4 Å². The van der Waals surface area contributed by atoms with Crippen molar-refractivity contribution in [3.05, 3.63) is 53.6 Å². The van der Waals surface area contributed by atoms with Gasteiger partial charge in [0.2, 0.25) is 0 Å². The zero-order chi connectivity index (χ0) is 22.9. The van der Waals surface area contributed by atoms with Crippen molar-refractivity contribution in [3.63, 3.8) is 0 Å². The molecular weight excluding hydrogens is 424 g/mol. The number of nitrogens with zero attached hydrogens (tertiary/aromatic N) is 4. The highest BCUT2D eigenvalue weighted by molar-refractivity contribution is 6.02. The van der Waals surface area contributed by atoms with Crippen LogP contribution in [0.2, 0.25) is 0 Å². The van der Waals surface area contributed by atoms with Crippen molar-refractivity contribution in [2.45, 2.75) is 49.9 Å². The third-order valence-electron chi connectivity index (χ3n) is 7.62. The normalized spacial score (nSPS) is 29.6. The SMILES string of the molecule is N#Cc1cccc(-c2ccc3c(c2)C2C(=NC4CCC(N5CCOCC5)CC4)NC=NC2N3)c1. The Labute approximate surface area is 200 Å². The molecule has 2 aromatic carbocycles. The van der Waals surface area contributed by atoms with Crippen molar-refractivity contribution in [1.29, 1.82) is 5.26 Å². The van der Waals surface area contributed by atoms with E-state index in [0.717, 1.165) is 61.8 Å². The Morgan fingerprint density at radius 3 is 2.68 bits per heavy atom. The monoisotopic (exact) mass is 454 g/mol. The number of rotatable bonds is 3. The molecule has 4 aliphatic rings. The van der Waals surface area contributed by atoms with Gasteiger partial charge in [0.15, 0.2) is 0 Å². The number of hydrogen-bond donors (Lipinski definition) is 2. The summed E-state index contributed by atoms with van der Waals surface area (Å²) in [6, 6.07) is 17.5. The molecule has 34 heavy (non-hydrogen) atoms. The fourth-order valence-corrected chi connectivity index (χ4v) is 5.82. The number of aliphatic imine (C=N–C) groups is 2. The zero-order valence-electron chi connectivity index (χ0n) is 19.3. The van der Waals surface area contributed by atoms with Crippen LogP contribution in [-0.2, 0) is 4.74 Å². The highest BCUT2D eigenvalue weighted by Crippen LogP contribution is 2.41. The van der Waals surface area contributed by atoms with E-state index in [9.17, 15) is 5.26 Å². The van der Waals surface area contributed by atoms with Crippen LogP contribution < -0.4 is 10.6 Å². The van der Waals surface area contributed by atoms with Gasteiger partial charge >= 0.3 is 0 Å². The molecule has 1 saturated heterocycles. The maximum Gasteiger partial charge on any atom is 0.134 e. The van der Waals surface area contributed by atoms with Crippen molar-refractivity contribution in [1.82, 2.24) is 10.2 Å². The highest BCUT2D eigenvalue weighted by Gasteiger charge is 2.38. The van der Waals surface area contributed by atoms with Crippen molar-refractivity contribution < 1.29 is 4.74 Å². The summed E-state index contributed by atoms with van der Waals surface area (Å²) in [5.74, 6) is 1.10. The number of ether oxygens (including phenoxy) is 1. The molecule has 0 bridgehead atoms. The second kappa shape index (κ2) is 9.21.